The monoisotopic (exact) mass is 400 g/mol. The molecule has 0 aliphatic heterocycles. The predicted molar refractivity (Wildman–Crippen MR) is 101 cm³/mol. The van der Waals surface area contributed by atoms with Gasteiger partial charge in [0.2, 0.25) is 5.78 Å². The smallest absolute Gasteiger partial charge is 0.325 e. The molecule has 0 aliphatic carbocycles. The molecule has 0 amide bonds. The molecule has 14 heteroatoms. The molecule has 16 N–H and O–H groups in total. The number of carbonyl (C=O) groups excluding carboxylic acids is 1. The van der Waals surface area contributed by atoms with E-state index < -0.39 is 29.8 Å². The molecule has 0 aliphatic rings. The summed E-state index contributed by atoms with van der Waals surface area (Å²) in [4.78, 5) is 19.7. The number of Topliss-reactive ketones (excluding diaryl/α,β-unsaturated/α-hetero) is 1. The standard InChI is InChI=1S/C13H21ClN10O3/c1-5(9(25)6-3-2-4-7(14)8(6)15)23-11(27-13(20,21)22)24-10(16)26-12(17,18)19/h2-4H,1,15,17-22H2,(H2,16,23,24). The lowest BCUT2D eigenvalue weighted by atomic mass is 10.1. The molecule has 0 bridgehead atoms. The van der Waals surface area contributed by atoms with Crippen molar-refractivity contribution in [2.75, 3.05) is 5.73 Å². The molecule has 0 atom stereocenters. The van der Waals surface area contributed by atoms with Crippen molar-refractivity contribution in [1.29, 1.82) is 0 Å². The molecule has 0 saturated carbocycles. The van der Waals surface area contributed by atoms with E-state index in [1.165, 1.54) is 18.2 Å². The summed E-state index contributed by atoms with van der Waals surface area (Å²) in [6, 6.07) is 3.05. The van der Waals surface area contributed by atoms with Gasteiger partial charge < -0.3 is 20.9 Å². The highest BCUT2D eigenvalue weighted by atomic mass is 35.5. The van der Waals surface area contributed by atoms with Crippen LogP contribution in [0.5, 0.6) is 0 Å². The number of anilines is 1. The Morgan fingerprint density at radius 1 is 1.04 bits per heavy atom. The van der Waals surface area contributed by atoms with Crippen LogP contribution in [0.2, 0.25) is 5.02 Å². The van der Waals surface area contributed by atoms with Crippen LogP contribution in [0.4, 0.5) is 5.69 Å². The van der Waals surface area contributed by atoms with Crippen LogP contribution in [-0.2, 0) is 9.47 Å². The SMILES string of the molecule is C=C(N=C(N=C(N)OC(N)(N)N)OC(N)(N)N)C(=O)c1cccc(Cl)c1N. The van der Waals surface area contributed by atoms with Crippen molar-refractivity contribution >= 4 is 35.1 Å². The van der Waals surface area contributed by atoms with Crippen molar-refractivity contribution in [2.45, 2.75) is 11.9 Å². The number of hydrogen-bond donors (Lipinski definition) is 8. The van der Waals surface area contributed by atoms with Gasteiger partial charge in [-0.15, -0.1) is 4.99 Å². The van der Waals surface area contributed by atoms with E-state index in [0.717, 1.165) is 0 Å². The van der Waals surface area contributed by atoms with Crippen LogP contribution in [0.1, 0.15) is 10.4 Å². The molecule has 0 fully saturated rings. The Bertz CT molecular complexity index is 795. The first-order valence-electron chi connectivity index (χ1n) is 7.01. The highest BCUT2D eigenvalue weighted by Gasteiger charge is 2.22. The Morgan fingerprint density at radius 3 is 2.11 bits per heavy atom. The van der Waals surface area contributed by atoms with Crippen LogP contribution in [0.15, 0.2) is 40.5 Å². The van der Waals surface area contributed by atoms with Crippen LogP contribution >= 0.6 is 11.6 Å². The molecule has 0 unspecified atom stereocenters. The number of benzene rings is 1. The van der Waals surface area contributed by atoms with Crippen molar-refractivity contribution in [1.82, 2.24) is 0 Å². The fraction of sp³-hybridized carbons (Fsp3) is 0.154. The maximum absolute atomic E-state index is 12.5. The van der Waals surface area contributed by atoms with Crippen LogP contribution in [0.3, 0.4) is 0 Å². The molecular weight excluding hydrogens is 380 g/mol. The highest BCUT2D eigenvalue weighted by molar-refractivity contribution is 6.34. The van der Waals surface area contributed by atoms with E-state index in [-0.39, 0.29) is 22.0 Å². The topological polar surface area (TPSA) is 268 Å². The minimum atomic E-state index is -2.23. The number of ether oxygens (including phenoxy) is 2. The maximum Gasteiger partial charge on any atom is 0.325 e. The van der Waals surface area contributed by atoms with Gasteiger partial charge in [0.1, 0.15) is 5.70 Å². The maximum atomic E-state index is 12.5. The lowest BCUT2D eigenvalue weighted by molar-refractivity contribution is 0.0668. The summed E-state index contributed by atoms with van der Waals surface area (Å²) >= 11 is 5.88. The second-order valence-corrected chi connectivity index (χ2v) is 5.64. The molecule has 0 aromatic heterocycles. The van der Waals surface area contributed by atoms with Gasteiger partial charge in [-0.3, -0.25) is 39.2 Å². The van der Waals surface area contributed by atoms with Gasteiger partial charge in [-0.1, -0.05) is 24.2 Å². The van der Waals surface area contributed by atoms with E-state index >= 15 is 0 Å². The largest absolute Gasteiger partial charge is 0.416 e. The number of allylic oxidation sites excluding steroid dienone is 1. The lowest BCUT2D eigenvalue weighted by Gasteiger charge is -2.21. The van der Waals surface area contributed by atoms with Crippen LogP contribution in [-0.4, -0.2) is 29.8 Å². The molecule has 1 aromatic rings. The number of amidine groups is 2. The van der Waals surface area contributed by atoms with Crippen molar-refractivity contribution < 1.29 is 14.3 Å². The molecule has 13 nitrogen and oxygen atoms in total. The van der Waals surface area contributed by atoms with E-state index in [4.69, 9.17) is 62.2 Å². The zero-order valence-electron chi connectivity index (χ0n) is 14.1. The van der Waals surface area contributed by atoms with Gasteiger partial charge in [-0.05, 0) is 12.1 Å². The Kier molecular flexibility index (Phi) is 6.82. The number of ketones is 1. The number of rotatable bonds is 5. The number of nitrogen functional groups attached to an aromatic ring is 1. The van der Waals surface area contributed by atoms with Crippen molar-refractivity contribution in [3.63, 3.8) is 0 Å². The molecule has 0 saturated heterocycles. The number of carbonyl (C=O) groups is 1. The first-order valence-corrected chi connectivity index (χ1v) is 7.39. The van der Waals surface area contributed by atoms with Gasteiger partial charge >= 0.3 is 6.02 Å². The van der Waals surface area contributed by atoms with Gasteiger partial charge in [-0.25, -0.2) is 0 Å². The number of hydrogen-bond acceptors (Lipinski definition) is 11. The summed E-state index contributed by atoms with van der Waals surface area (Å²) < 4.78 is 9.55. The number of halogens is 1. The first kappa shape index (κ1) is 22.3. The summed E-state index contributed by atoms with van der Waals surface area (Å²) in [6.45, 7) is 3.49. The molecule has 0 radical (unpaired) electrons. The van der Waals surface area contributed by atoms with E-state index in [2.05, 4.69) is 21.3 Å². The number of aliphatic imine (C=N–C) groups is 2. The van der Waals surface area contributed by atoms with Gasteiger partial charge in [-0.2, -0.15) is 4.99 Å². The summed E-state index contributed by atoms with van der Waals surface area (Å²) in [6.07, 6.45) is 0. The molecular formula is C13H21ClN10O3. The van der Waals surface area contributed by atoms with E-state index in [0.29, 0.717) is 0 Å². The van der Waals surface area contributed by atoms with Gasteiger partial charge in [0, 0.05) is 5.56 Å². The summed E-state index contributed by atoms with van der Waals surface area (Å²) in [5, 5.41) is 0.167. The summed E-state index contributed by atoms with van der Waals surface area (Å²) in [5.74, 6) is -5.08. The lowest BCUT2D eigenvalue weighted by Crippen LogP contribution is -2.62. The van der Waals surface area contributed by atoms with Gasteiger partial charge in [0.15, 0.2) is 0 Å². The zero-order valence-corrected chi connectivity index (χ0v) is 14.8. The van der Waals surface area contributed by atoms with E-state index in [1.54, 1.807) is 0 Å². The minimum Gasteiger partial charge on any atom is -0.416 e. The third-order valence-electron chi connectivity index (χ3n) is 2.55. The predicted octanol–water partition coefficient (Wildman–Crippen LogP) is -2.70. The fourth-order valence-electron chi connectivity index (χ4n) is 1.58. The number of nitrogens with zero attached hydrogens (tertiary/aromatic N) is 2. The Labute approximate surface area is 158 Å². The highest BCUT2D eigenvalue weighted by Crippen LogP contribution is 2.24. The second kappa shape index (κ2) is 8.28. The minimum absolute atomic E-state index is 0.0272. The normalized spacial score (nSPS) is 13.3. The molecule has 0 heterocycles. The van der Waals surface area contributed by atoms with Crippen LogP contribution in [0.25, 0.3) is 0 Å². The Hall–Kier alpha value is -2.78. The van der Waals surface area contributed by atoms with Gasteiger partial charge in [0.05, 0.1) is 10.7 Å². The third kappa shape index (κ3) is 7.55. The number of nitrogens with two attached hydrogens (primary N) is 8. The first-order chi connectivity index (χ1) is 12.2. The molecule has 27 heavy (non-hydrogen) atoms. The number of para-hydroxylation sites is 1. The second-order valence-electron chi connectivity index (χ2n) is 5.23. The Morgan fingerprint density at radius 2 is 1.59 bits per heavy atom. The van der Waals surface area contributed by atoms with Gasteiger partial charge in [0.25, 0.3) is 18.0 Å². The third-order valence-corrected chi connectivity index (χ3v) is 2.88. The van der Waals surface area contributed by atoms with Crippen molar-refractivity contribution in [3.8, 4) is 0 Å². The van der Waals surface area contributed by atoms with Crippen LogP contribution < -0.4 is 45.9 Å². The summed E-state index contributed by atoms with van der Waals surface area (Å²) in [5.41, 5.74) is 42.5. The average molecular weight is 401 g/mol. The molecule has 0 spiro atoms. The Balaban J connectivity index is 3.22. The molecule has 148 valence electrons. The van der Waals surface area contributed by atoms with E-state index in [9.17, 15) is 4.79 Å². The van der Waals surface area contributed by atoms with E-state index in [1.807, 2.05) is 0 Å². The fourth-order valence-corrected chi connectivity index (χ4v) is 1.76. The average Bonchev–Trinajstić information content (AvgIpc) is 2.45. The van der Waals surface area contributed by atoms with Crippen LogP contribution in [0, 0.1) is 0 Å². The van der Waals surface area contributed by atoms with Crippen molar-refractivity contribution in [2.24, 2.45) is 50.1 Å². The molecule has 1 aromatic carbocycles. The van der Waals surface area contributed by atoms with Crippen molar-refractivity contribution in [3.05, 3.63) is 41.1 Å². The molecule has 1 rings (SSSR count). The zero-order chi connectivity index (χ0) is 21.0. The quantitative estimate of drug-likeness (QED) is 0.0628. The summed E-state index contributed by atoms with van der Waals surface area (Å²) in [7, 11) is 0.